The summed E-state index contributed by atoms with van der Waals surface area (Å²) in [6.07, 6.45) is 0. The number of nitrogens with one attached hydrogen (secondary N) is 1. The van der Waals surface area contributed by atoms with Crippen molar-refractivity contribution < 1.29 is 9.59 Å². The molecule has 0 bridgehead atoms. The van der Waals surface area contributed by atoms with E-state index in [4.69, 9.17) is 0 Å². The number of rotatable bonds is 7. The second kappa shape index (κ2) is 9.69. The van der Waals surface area contributed by atoms with Crippen molar-refractivity contribution in [3.8, 4) is 0 Å². The fraction of sp³-hybridized carbons (Fsp3) is 0.600. The predicted octanol–water partition coefficient (Wildman–Crippen LogP) is 1.57. The van der Waals surface area contributed by atoms with Gasteiger partial charge in [-0.2, -0.15) is 0 Å². The topological polar surface area (TPSA) is 55.9 Å². The molecule has 2 amide bonds. The van der Waals surface area contributed by atoms with Gasteiger partial charge in [0.15, 0.2) is 0 Å². The van der Waals surface area contributed by atoms with Crippen LogP contribution in [0.3, 0.4) is 0 Å². The van der Waals surface area contributed by atoms with Crippen LogP contribution < -0.4 is 10.2 Å². The molecule has 0 aliphatic carbocycles. The summed E-state index contributed by atoms with van der Waals surface area (Å²) >= 11 is 0. The molecule has 6 heteroatoms. The third-order valence-corrected chi connectivity index (χ3v) is 4.78. The fourth-order valence-electron chi connectivity index (χ4n) is 3.33. The van der Waals surface area contributed by atoms with Crippen molar-refractivity contribution in [3.63, 3.8) is 0 Å². The van der Waals surface area contributed by atoms with E-state index in [1.807, 2.05) is 62.9 Å². The molecule has 1 fully saturated rings. The SMILES string of the molecule is CCN(C(=O)C(C)N1CCN(CC(=O)NC(C)C)CC1)c1ccccc1. The highest BCUT2D eigenvalue weighted by atomic mass is 16.2. The third-order valence-electron chi connectivity index (χ3n) is 4.78. The molecule has 1 aliphatic rings. The van der Waals surface area contributed by atoms with Gasteiger partial charge < -0.3 is 10.2 Å². The van der Waals surface area contributed by atoms with Crippen molar-refractivity contribution in [2.75, 3.05) is 44.2 Å². The van der Waals surface area contributed by atoms with Gasteiger partial charge >= 0.3 is 0 Å². The Morgan fingerprint density at radius 2 is 1.69 bits per heavy atom. The molecule has 144 valence electrons. The second-order valence-electron chi connectivity index (χ2n) is 7.13. The minimum atomic E-state index is -0.165. The lowest BCUT2D eigenvalue weighted by atomic mass is 10.1. The summed E-state index contributed by atoms with van der Waals surface area (Å²) in [5.41, 5.74) is 0.941. The number of hydrogen-bond acceptors (Lipinski definition) is 4. The molecule has 1 N–H and O–H groups in total. The molecular weight excluding hydrogens is 328 g/mol. The van der Waals surface area contributed by atoms with E-state index in [0.717, 1.165) is 31.9 Å². The Kier molecular flexibility index (Phi) is 7.60. The number of carbonyl (C=O) groups is 2. The average Bonchev–Trinajstić information content (AvgIpc) is 2.62. The number of likely N-dealkylation sites (N-methyl/N-ethyl adjacent to an activating group) is 1. The molecule has 0 aromatic heterocycles. The lowest BCUT2D eigenvalue weighted by Crippen LogP contribution is -2.56. The van der Waals surface area contributed by atoms with Crippen LogP contribution >= 0.6 is 0 Å². The molecule has 6 nitrogen and oxygen atoms in total. The standard InChI is InChI=1S/C20H32N4O2/c1-5-24(18-9-7-6-8-10-18)20(26)17(4)23-13-11-22(12-14-23)15-19(25)21-16(2)3/h6-10,16-17H,5,11-15H2,1-4H3,(H,21,25). The van der Waals surface area contributed by atoms with Crippen LogP contribution in [0.1, 0.15) is 27.7 Å². The maximum Gasteiger partial charge on any atom is 0.244 e. The summed E-state index contributed by atoms with van der Waals surface area (Å²) in [5, 5.41) is 2.93. The Bertz CT molecular complexity index is 583. The lowest BCUT2D eigenvalue weighted by Gasteiger charge is -2.38. The molecular formula is C20H32N4O2. The van der Waals surface area contributed by atoms with Gasteiger partial charge in [-0.05, 0) is 39.8 Å². The Labute approximate surface area is 157 Å². The van der Waals surface area contributed by atoms with Crippen molar-refractivity contribution in [2.24, 2.45) is 0 Å². The molecule has 0 radical (unpaired) electrons. The first-order valence-corrected chi connectivity index (χ1v) is 9.54. The maximum atomic E-state index is 13.0. The molecule has 1 aliphatic heterocycles. The van der Waals surface area contributed by atoms with Crippen molar-refractivity contribution in [1.82, 2.24) is 15.1 Å². The van der Waals surface area contributed by atoms with E-state index < -0.39 is 0 Å². The predicted molar refractivity (Wildman–Crippen MR) is 105 cm³/mol. The van der Waals surface area contributed by atoms with Gasteiger partial charge in [0.05, 0.1) is 12.6 Å². The van der Waals surface area contributed by atoms with E-state index in [2.05, 4.69) is 15.1 Å². The highest BCUT2D eigenvalue weighted by Gasteiger charge is 2.29. The zero-order chi connectivity index (χ0) is 19.1. The van der Waals surface area contributed by atoms with Gasteiger partial charge in [-0.3, -0.25) is 19.4 Å². The summed E-state index contributed by atoms with van der Waals surface area (Å²) in [6.45, 7) is 12.2. The first-order valence-electron chi connectivity index (χ1n) is 9.54. The van der Waals surface area contributed by atoms with Crippen LogP contribution in [-0.4, -0.2) is 73.0 Å². The Hall–Kier alpha value is -1.92. The van der Waals surface area contributed by atoms with E-state index >= 15 is 0 Å². The number of amides is 2. The van der Waals surface area contributed by atoms with Crippen LogP contribution in [0.25, 0.3) is 0 Å². The van der Waals surface area contributed by atoms with Crippen molar-refractivity contribution in [2.45, 2.75) is 39.8 Å². The number of carbonyl (C=O) groups excluding carboxylic acids is 2. The minimum Gasteiger partial charge on any atom is -0.353 e. The summed E-state index contributed by atoms with van der Waals surface area (Å²) in [6, 6.07) is 9.81. The molecule has 2 rings (SSSR count). The van der Waals surface area contributed by atoms with Crippen molar-refractivity contribution >= 4 is 17.5 Å². The van der Waals surface area contributed by atoms with E-state index in [-0.39, 0.29) is 23.9 Å². The molecule has 1 heterocycles. The van der Waals surface area contributed by atoms with Crippen LogP contribution in [0.5, 0.6) is 0 Å². The van der Waals surface area contributed by atoms with E-state index in [1.165, 1.54) is 0 Å². The summed E-state index contributed by atoms with van der Waals surface area (Å²) in [7, 11) is 0. The molecule has 1 aromatic rings. The number of hydrogen-bond donors (Lipinski definition) is 1. The van der Waals surface area contributed by atoms with Gasteiger partial charge in [0, 0.05) is 44.5 Å². The van der Waals surface area contributed by atoms with Crippen LogP contribution in [0, 0.1) is 0 Å². The van der Waals surface area contributed by atoms with Crippen molar-refractivity contribution in [1.29, 1.82) is 0 Å². The monoisotopic (exact) mass is 360 g/mol. The normalized spacial score (nSPS) is 17.1. The lowest BCUT2D eigenvalue weighted by molar-refractivity contribution is -0.126. The number of benzene rings is 1. The van der Waals surface area contributed by atoms with Gasteiger partial charge in [0.1, 0.15) is 0 Å². The van der Waals surface area contributed by atoms with Crippen LogP contribution in [0.4, 0.5) is 5.69 Å². The zero-order valence-corrected chi connectivity index (χ0v) is 16.4. The maximum absolute atomic E-state index is 13.0. The number of piperazine rings is 1. The smallest absolute Gasteiger partial charge is 0.244 e. The Morgan fingerprint density at radius 3 is 2.23 bits per heavy atom. The zero-order valence-electron chi connectivity index (χ0n) is 16.4. The van der Waals surface area contributed by atoms with E-state index in [9.17, 15) is 9.59 Å². The molecule has 0 saturated carbocycles. The fourth-order valence-corrected chi connectivity index (χ4v) is 3.33. The molecule has 1 saturated heterocycles. The Balaban J connectivity index is 1.88. The third kappa shape index (κ3) is 5.54. The van der Waals surface area contributed by atoms with Gasteiger partial charge in [-0.15, -0.1) is 0 Å². The first kappa shape index (κ1) is 20.4. The highest BCUT2D eigenvalue weighted by Crippen LogP contribution is 2.17. The van der Waals surface area contributed by atoms with E-state index in [0.29, 0.717) is 13.1 Å². The van der Waals surface area contributed by atoms with Gasteiger partial charge in [-0.1, -0.05) is 18.2 Å². The average molecular weight is 361 g/mol. The largest absolute Gasteiger partial charge is 0.353 e. The van der Waals surface area contributed by atoms with E-state index in [1.54, 1.807) is 0 Å². The highest BCUT2D eigenvalue weighted by molar-refractivity contribution is 5.96. The molecule has 0 spiro atoms. The molecule has 26 heavy (non-hydrogen) atoms. The Morgan fingerprint density at radius 1 is 1.08 bits per heavy atom. The van der Waals surface area contributed by atoms with Crippen LogP contribution in [-0.2, 0) is 9.59 Å². The van der Waals surface area contributed by atoms with Crippen LogP contribution in [0.15, 0.2) is 30.3 Å². The van der Waals surface area contributed by atoms with Crippen LogP contribution in [0.2, 0.25) is 0 Å². The first-order chi connectivity index (χ1) is 12.4. The summed E-state index contributed by atoms with van der Waals surface area (Å²) in [4.78, 5) is 31.1. The number of para-hydroxylation sites is 1. The summed E-state index contributed by atoms with van der Waals surface area (Å²) in [5.74, 6) is 0.198. The number of nitrogens with zero attached hydrogens (tertiary/aromatic N) is 3. The second-order valence-corrected chi connectivity index (χ2v) is 7.13. The van der Waals surface area contributed by atoms with Gasteiger partial charge in [0.25, 0.3) is 0 Å². The number of anilines is 1. The molecule has 1 aromatic carbocycles. The van der Waals surface area contributed by atoms with Gasteiger partial charge in [-0.25, -0.2) is 0 Å². The quantitative estimate of drug-likeness (QED) is 0.802. The molecule has 1 unspecified atom stereocenters. The van der Waals surface area contributed by atoms with Crippen molar-refractivity contribution in [3.05, 3.63) is 30.3 Å². The summed E-state index contributed by atoms with van der Waals surface area (Å²) < 4.78 is 0. The van der Waals surface area contributed by atoms with Gasteiger partial charge in [0.2, 0.25) is 11.8 Å². The molecule has 1 atom stereocenters. The minimum absolute atomic E-state index is 0.0683.